The number of hydrogen-bond donors (Lipinski definition) is 0. The van der Waals surface area contributed by atoms with Crippen molar-refractivity contribution in [3.63, 3.8) is 0 Å². The van der Waals surface area contributed by atoms with Crippen LogP contribution in [0, 0.1) is 5.41 Å². The number of ether oxygens (including phenoxy) is 1. The van der Waals surface area contributed by atoms with E-state index in [4.69, 9.17) is 4.74 Å². The zero-order valence-corrected chi connectivity index (χ0v) is 11.0. The van der Waals surface area contributed by atoms with Crippen LogP contribution in [-0.4, -0.2) is 17.6 Å². The van der Waals surface area contributed by atoms with Gasteiger partial charge < -0.3 is 9.30 Å². The highest BCUT2D eigenvalue weighted by Gasteiger charge is 2.46. The van der Waals surface area contributed by atoms with E-state index in [-0.39, 0.29) is 11.4 Å². The molecule has 0 aromatic carbocycles. The minimum Gasteiger partial charge on any atom is -0.469 e. The topological polar surface area (TPSA) is 31.2 Å². The van der Waals surface area contributed by atoms with Crippen LogP contribution in [0.15, 0.2) is 18.3 Å². The molecule has 90 valence electrons. The molecule has 0 aliphatic rings. The number of aromatic nitrogens is 1. The summed E-state index contributed by atoms with van der Waals surface area (Å²) in [6, 6.07) is 4.04. The first-order valence-corrected chi connectivity index (χ1v) is 5.45. The number of carbonyl (C=O) groups is 1. The number of aryl methyl sites for hydroxylation is 1. The molecule has 1 aromatic heterocycles. The molecular formula is C13H21NO2. The van der Waals surface area contributed by atoms with Gasteiger partial charge in [0, 0.05) is 24.4 Å². The van der Waals surface area contributed by atoms with Gasteiger partial charge in [0.1, 0.15) is 0 Å². The van der Waals surface area contributed by atoms with Crippen LogP contribution in [0.4, 0.5) is 0 Å². The van der Waals surface area contributed by atoms with E-state index in [1.54, 1.807) is 0 Å². The quantitative estimate of drug-likeness (QED) is 0.737. The van der Waals surface area contributed by atoms with Crippen LogP contribution in [0.5, 0.6) is 0 Å². The zero-order chi connectivity index (χ0) is 12.6. The first-order chi connectivity index (χ1) is 7.25. The predicted molar refractivity (Wildman–Crippen MR) is 64.2 cm³/mol. The first kappa shape index (κ1) is 12.8. The molecule has 1 aromatic rings. The predicted octanol–water partition coefficient (Wildman–Crippen LogP) is 2.50. The van der Waals surface area contributed by atoms with Gasteiger partial charge in [-0.25, -0.2) is 0 Å². The van der Waals surface area contributed by atoms with E-state index < -0.39 is 5.41 Å². The van der Waals surface area contributed by atoms with E-state index in [0.717, 1.165) is 5.69 Å². The molecule has 0 unspecified atom stereocenters. The van der Waals surface area contributed by atoms with Crippen molar-refractivity contribution in [3.05, 3.63) is 24.0 Å². The van der Waals surface area contributed by atoms with Gasteiger partial charge in [-0.05, 0) is 26.0 Å². The van der Waals surface area contributed by atoms with Crippen molar-refractivity contribution in [1.29, 1.82) is 0 Å². The summed E-state index contributed by atoms with van der Waals surface area (Å²) in [5.41, 5.74) is 0.287. The molecule has 16 heavy (non-hydrogen) atoms. The summed E-state index contributed by atoms with van der Waals surface area (Å²) < 4.78 is 6.94. The summed E-state index contributed by atoms with van der Waals surface area (Å²) in [6.45, 7) is 7.98. The second-order valence-electron chi connectivity index (χ2n) is 5.25. The van der Waals surface area contributed by atoms with Crippen molar-refractivity contribution in [2.45, 2.75) is 33.1 Å². The minimum atomic E-state index is -0.562. The third-order valence-electron chi connectivity index (χ3n) is 3.84. The molecular weight excluding hydrogens is 202 g/mol. The van der Waals surface area contributed by atoms with Crippen LogP contribution in [0.25, 0.3) is 0 Å². The molecule has 0 bridgehead atoms. The number of methoxy groups -OCH3 is 1. The molecule has 0 aliphatic heterocycles. The van der Waals surface area contributed by atoms with E-state index in [1.807, 2.05) is 43.8 Å². The van der Waals surface area contributed by atoms with Crippen molar-refractivity contribution >= 4 is 5.97 Å². The van der Waals surface area contributed by atoms with E-state index in [9.17, 15) is 4.79 Å². The smallest absolute Gasteiger partial charge is 0.312 e. The molecule has 0 radical (unpaired) electrons. The average molecular weight is 223 g/mol. The molecule has 3 heteroatoms. The molecule has 1 heterocycles. The largest absolute Gasteiger partial charge is 0.469 e. The highest BCUT2D eigenvalue weighted by atomic mass is 16.5. The Kier molecular flexibility index (Phi) is 3.17. The summed E-state index contributed by atoms with van der Waals surface area (Å²) >= 11 is 0. The molecule has 0 spiro atoms. The van der Waals surface area contributed by atoms with Gasteiger partial charge >= 0.3 is 5.97 Å². The molecule has 0 saturated carbocycles. The van der Waals surface area contributed by atoms with Crippen LogP contribution in [0.1, 0.15) is 33.4 Å². The summed E-state index contributed by atoms with van der Waals surface area (Å²) in [5.74, 6) is -0.182. The van der Waals surface area contributed by atoms with Crippen molar-refractivity contribution < 1.29 is 9.53 Å². The molecule has 0 amide bonds. The van der Waals surface area contributed by atoms with Gasteiger partial charge in [0.2, 0.25) is 0 Å². The fourth-order valence-electron chi connectivity index (χ4n) is 1.94. The van der Waals surface area contributed by atoms with Crippen molar-refractivity contribution in [2.24, 2.45) is 12.5 Å². The van der Waals surface area contributed by atoms with Gasteiger partial charge in [-0.2, -0.15) is 0 Å². The molecule has 0 saturated heterocycles. The number of nitrogens with zero attached hydrogens (tertiary/aromatic N) is 1. The van der Waals surface area contributed by atoms with Crippen LogP contribution in [-0.2, 0) is 22.0 Å². The SMILES string of the molecule is COC(=O)C(C)(C)C(C)(C)c1cccn1C. The lowest BCUT2D eigenvalue weighted by Gasteiger charge is -2.39. The number of carbonyl (C=O) groups excluding carboxylic acids is 1. The van der Waals surface area contributed by atoms with E-state index in [0.29, 0.717) is 0 Å². The van der Waals surface area contributed by atoms with Crippen molar-refractivity contribution in [2.75, 3.05) is 7.11 Å². The molecule has 0 fully saturated rings. The monoisotopic (exact) mass is 223 g/mol. The summed E-state index contributed by atoms with van der Waals surface area (Å²) in [5, 5.41) is 0. The minimum absolute atomic E-state index is 0.182. The molecule has 0 N–H and O–H groups in total. The van der Waals surface area contributed by atoms with Crippen LogP contribution < -0.4 is 0 Å². The molecule has 3 nitrogen and oxygen atoms in total. The van der Waals surface area contributed by atoms with Gasteiger partial charge in [0.05, 0.1) is 12.5 Å². The molecule has 1 rings (SSSR count). The van der Waals surface area contributed by atoms with Gasteiger partial charge in [-0.1, -0.05) is 13.8 Å². The Balaban J connectivity index is 3.21. The maximum absolute atomic E-state index is 11.9. The summed E-state index contributed by atoms with van der Waals surface area (Å²) in [7, 11) is 3.43. The van der Waals surface area contributed by atoms with Gasteiger partial charge in [0.15, 0.2) is 0 Å². The second kappa shape index (κ2) is 3.96. The van der Waals surface area contributed by atoms with Gasteiger partial charge in [0.25, 0.3) is 0 Å². The molecule has 0 aliphatic carbocycles. The Morgan fingerprint density at radius 3 is 2.25 bits per heavy atom. The first-order valence-electron chi connectivity index (χ1n) is 5.45. The fourth-order valence-corrected chi connectivity index (χ4v) is 1.94. The Hall–Kier alpha value is -1.25. The maximum Gasteiger partial charge on any atom is 0.312 e. The zero-order valence-electron chi connectivity index (χ0n) is 11.0. The average Bonchev–Trinajstić information content (AvgIpc) is 2.63. The van der Waals surface area contributed by atoms with Gasteiger partial charge in [-0.15, -0.1) is 0 Å². The fraction of sp³-hybridized carbons (Fsp3) is 0.615. The second-order valence-corrected chi connectivity index (χ2v) is 5.25. The summed E-state index contributed by atoms with van der Waals surface area (Å²) in [6.07, 6.45) is 1.99. The standard InChI is InChI=1S/C13H21NO2/c1-12(2,10-8-7-9-14(10)5)13(3,4)11(15)16-6/h7-9H,1-6H3. The van der Waals surface area contributed by atoms with Crippen LogP contribution in [0.3, 0.4) is 0 Å². The lowest BCUT2D eigenvalue weighted by atomic mass is 9.66. The normalized spacial score (nSPS) is 12.6. The van der Waals surface area contributed by atoms with Crippen molar-refractivity contribution in [1.82, 2.24) is 4.57 Å². The Bertz CT molecular complexity index is 388. The third-order valence-corrected chi connectivity index (χ3v) is 3.84. The number of rotatable bonds is 3. The van der Waals surface area contributed by atoms with E-state index in [1.165, 1.54) is 7.11 Å². The van der Waals surface area contributed by atoms with E-state index >= 15 is 0 Å². The maximum atomic E-state index is 11.9. The molecule has 0 atom stereocenters. The highest BCUT2D eigenvalue weighted by molar-refractivity contribution is 5.78. The Morgan fingerprint density at radius 1 is 1.31 bits per heavy atom. The lowest BCUT2D eigenvalue weighted by molar-refractivity contribution is -0.154. The van der Waals surface area contributed by atoms with Crippen molar-refractivity contribution in [3.8, 4) is 0 Å². The summed E-state index contributed by atoms with van der Waals surface area (Å²) in [4.78, 5) is 11.9. The van der Waals surface area contributed by atoms with Gasteiger partial charge in [-0.3, -0.25) is 4.79 Å². The Labute approximate surface area is 97.4 Å². The van der Waals surface area contributed by atoms with E-state index in [2.05, 4.69) is 13.8 Å². The Morgan fingerprint density at radius 2 is 1.88 bits per heavy atom. The van der Waals surface area contributed by atoms with Crippen LogP contribution >= 0.6 is 0 Å². The highest BCUT2D eigenvalue weighted by Crippen LogP contribution is 2.42. The lowest BCUT2D eigenvalue weighted by Crippen LogP contribution is -2.44. The number of hydrogen-bond acceptors (Lipinski definition) is 2. The number of esters is 1. The third kappa shape index (κ3) is 1.75. The van der Waals surface area contributed by atoms with Crippen LogP contribution in [0.2, 0.25) is 0 Å².